The lowest BCUT2D eigenvalue weighted by molar-refractivity contribution is -0.145. The summed E-state index contributed by atoms with van der Waals surface area (Å²) in [7, 11) is 1.69. The fourth-order valence-electron chi connectivity index (χ4n) is 3.77. The van der Waals surface area contributed by atoms with Crippen LogP contribution in [0.5, 0.6) is 0 Å². The number of piperidine rings is 1. The van der Waals surface area contributed by atoms with Crippen LogP contribution in [0.3, 0.4) is 0 Å². The highest BCUT2D eigenvalue weighted by Crippen LogP contribution is 2.41. The Balaban J connectivity index is 1.73. The van der Waals surface area contributed by atoms with Gasteiger partial charge in [-0.15, -0.1) is 0 Å². The van der Waals surface area contributed by atoms with Gasteiger partial charge < -0.3 is 14.5 Å². The van der Waals surface area contributed by atoms with Gasteiger partial charge in [-0.25, -0.2) is 0 Å². The topological polar surface area (TPSA) is 45.7 Å². The van der Waals surface area contributed by atoms with Crippen LogP contribution in [0.4, 0.5) is 5.69 Å². The number of hydrogen-bond donors (Lipinski definition) is 0. The van der Waals surface area contributed by atoms with E-state index < -0.39 is 0 Å². The molecule has 1 aromatic rings. The van der Waals surface area contributed by atoms with E-state index in [9.17, 15) is 4.79 Å². The molecule has 0 bridgehead atoms. The van der Waals surface area contributed by atoms with Crippen LogP contribution in [0, 0.1) is 12.3 Å². The third-order valence-electron chi connectivity index (χ3n) is 4.99. The Hall–Kier alpha value is -1.62. The molecule has 1 aromatic heterocycles. The summed E-state index contributed by atoms with van der Waals surface area (Å²) in [6.45, 7) is 6.00. The molecule has 120 valence electrons. The van der Waals surface area contributed by atoms with Crippen LogP contribution in [-0.2, 0) is 9.53 Å². The van der Waals surface area contributed by atoms with Gasteiger partial charge in [-0.3, -0.25) is 9.78 Å². The van der Waals surface area contributed by atoms with Gasteiger partial charge in [-0.05, 0) is 38.3 Å². The van der Waals surface area contributed by atoms with Crippen molar-refractivity contribution in [3.8, 4) is 0 Å². The smallest absolute Gasteiger partial charge is 0.230 e. The van der Waals surface area contributed by atoms with Crippen LogP contribution < -0.4 is 4.90 Å². The summed E-state index contributed by atoms with van der Waals surface area (Å²) in [6, 6.07) is 4.15. The number of rotatable bonds is 4. The summed E-state index contributed by atoms with van der Waals surface area (Å²) in [4.78, 5) is 21.5. The predicted molar refractivity (Wildman–Crippen MR) is 85.9 cm³/mol. The Morgan fingerprint density at radius 1 is 1.36 bits per heavy atom. The molecule has 5 nitrogen and oxygen atoms in total. The minimum atomic E-state index is -0.191. The molecule has 0 unspecified atom stereocenters. The molecule has 0 radical (unpaired) electrons. The summed E-state index contributed by atoms with van der Waals surface area (Å²) in [5, 5.41) is 0. The predicted octanol–water partition coefficient (Wildman–Crippen LogP) is 1.86. The van der Waals surface area contributed by atoms with Gasteiger partial charge in [-0.1, -0.05) is 0 Å². The Morgan fingerprint density at radius 2 is 2.23 bits per heavy atom. The van der Waals surface area contributed by atoms with Gasteiger partial charge in [0, 0.05) is 50.9 Å². The number of anilines is 1. The van der Waals surface area contributed by atoms with Crippen molar-refractivity contribution < 1.29 is 9.53 Å². The van der Waals surface area contributed by atoms with Crippen LogP contribution in [0.2, 0.25) is 0 Å². The molecule has 2 aliphatic rings. The normalized spacial score (nSPS) is 25.3. The van der Waals surface area contributed by atoms with E-state index in [1.807, 2.05) is 24.1 Å². The number of methoxy groups -OCH3 is 1. The van der Waals surface area contributed by atoms with Crippen molar-refractivity contribution >= 4 is 11.6 Å². The Morgan fingerprint density at radius 3 is 3.00 bits per heavy atom. The first-order valence-electron chi connectivity index (χ1n) is 8.10. The van der Waals surface area contributed by atoms with Gasteiger partial charge in [-0.2, -0.15) is 0 Å². The number of likely N-dealkylation sites (tertiary alicyclic amines) is 1. The molecule has 3 rings (SSSR count). The second kappa shape index (κ2) is 6.24. The number of nitrogens with zero attached hydrogens (tertiary/aromatic N) is 3. The standard InChI is InChI=1S/C17H25N3O2/c1-14-12-15(4-7-18-14)20-9-6-17(13-20)5-3-8-19(16(17)21)10-11-22-2/h4,7,12H,3,5-6,8-11,13H2,1-2H3/t17-/m0/s1. The zero-order valence-corrected chi connectivity index (χ0v) is 13.5. The van der Waals surface area contributed by atoms with Crippen molar-refractivity contribution in [3.63, 3.8) is 0 Å². The second-order valence-corrected chi connectivity index (χ2v) is 6.50. The van der Waals surface area contributed by atoms with Crippen molar-refractivity contribution in [2.45, 2.75) is 26.2 Å². The first-order chi connectivity index (χ1) is 10.6. The quantitative estimate of drug-likeness (QED) is 0.852. The number of carbonyl (C=O) groups excluding carboxylic acids is 1. The second-order valence-electron chi connectivity index (χ2n) is 6.50. The molecule has 5 heteroatoms. The van der Waals surface area contributed by atoms with Gasteiger partial charge in [0.25, 0.3) is 0 Å². The monoisotopic (exact) mass is 303 g/mol. The number of amides is 1. The molecular weight excluding hydrogens is 278 g/mol. The molecule has 1 amide bonds. The Kier molecular flexibility index (Phi) is 4.34. The summed E-state index contributed by atoms with van der Waals surface area (Å²) in [5.74, 6) is 0.323. The van der Waals surface area contributed by atoms with E-state index in [-0.39, 0.29) is 5.41 Å². The van der Waals surface area contributed by atoms with E-state index in [1.165, 1.54) is 5.69 Å². The van der Waals surface area contributed by atoms with Crippen LogP contribution in [-0.4, -0.2) is 55.7 Å². The third kappa shape index (κ3) is 2.82. The van der Waals surface area contributed by atoms with Gasteiger partial charge in [0.1, 0.15) is 0 Å². The minimum absolute atomic E-state index is 0.191. The Labute approximate surface area is 132 Å². The molecule has 0 aromatic carbocycles. The molecule has 3 heterocycles. The van der Waals surface area contributed by atoms with Crippen molar-refractivity contribution in [1.82, 2.24) is 9.88 Å². The number of ether oxygens (including phenoxy) is 1. The maximum absolute atomic E-state index is 12.9. The summed E-state index contributed by atoms with van der Waals surface area (Å²) in [5.41, 5.74) is 2.02. The molecule has 0 saturated carbocycles. The number of carbonyl (C=O) groups is 1. The molecule has 1 atom stereocenters. The van der Waals surface area contributed by atoms with E-state index in [4.69, 9.17) is 4.74 Å². The van der Waals surface area contributed by atoms with E-state index in [0.717, 1.165) is 44.6 Å². The van der Waals surface area contributed by atoms with Gasteiger partial charge in [0.15, 0.2) is 0 Å². The van der Waals surface area contributed by atoms with Gasteiger partial charge in [0.05, 0.1) is 12.0 Å². The highest BCUT2D eigenvalue weighted by Gasteiger charge is 2.48. The van der Waals surface area contributed by atoms with E-state index in [0.29, 0.717) is 19.1 Å². The highest BCUT2D eigenvalue weighted by molar-refractivity contribution is 5.85. The van der Waals surface area contributed by atoms with Gasteiger partial charge in [0.2, 0.25) is 5.91 Å². The SMILES string of the molecule is COCCN1CCC[C@@]2(CCN(c3ccnc(C)c3)C2)C1=O. The van der Waals surface area contributed by atoms with E-state index >= 15 is 0 Å². The molecule has 0 N–H and O–H groups in total. The van der Waals surface area contributed by atoms with Crippen LogP contribution >= 0.6 is 0 Å². The molecule has 1 spiro atoms. The van der Waals surface area contributed by atoms with E-state index in [2.05, 4.69) is 16.0 Å². The van der Waals surface area contributed by atoms with Crippen LogP contribution in [0.1, 0.15) is 25.0 Å². The third-order valence-corrected chi connectivity index (χ3v) is 4.99. The van der Waals surface area contributed by atoms with Gasteiger partial charge >= 0.3 is 0 Å². The summed E-state index contributed by atoms with van der Waals surface area (Å²) < 4.78 is 5.14. The maximum Gasteiger partial charge on any atom is 0.230 e. The highest BCUT2D eigenvalue weighted by atomic mass is 16.5. The minimum Gasteiger partial charge on any atom is -0.383 e. The van der Waals surface area contributed by atoms with E-state index in [1.54, 1.807) is 7.11 Å². The fraction of sp³-hybridized carbons (Fsp3) is 0.647. The maximum atomic E-state index is 12.9. The lowest BCUT2D eigenvalue weighted by Crippen LogP contribution is -2.50. The first kappa shape index (κ1) is 15.3. The van der Waals surface area contributed by atoms with Crippen molar-refractivity contribution in [2.75, 3.05) is 44.8 Å². The van der Waals surface area contributed by atoms with Crippen molar-refractivity contribution in [1.29, 1.82) is 0 Å². The largest absolute Gasteiger partial charge is 0.383 e. The fourth-order valence-corrected chi connectivity index (χ4v) is 3.77. The number of pyridine rings is 1. The lowest BCUT2D eigenvalue weighted by Gasteiger charge is -2.39. The number of aryl methyl sites for hydroxylation is 1. The average Bonchev–Trinajstić information content (AvgIpc) is 2.94. The molecule has 0 aliphatic carbocycles. The Bertz CT molecular complexity index is 548. The summed E-state index contributed by atoms with van der Waals surface area (Å²) in [6.07, 6.45) is 4.91. The first-order valence-corrected chi connectivity index (χ1v) is 8.10. The number of aromatic nitrogens is 1. The molecule has 2 aliphatic heterocycles. The van der Waals surface area contributed by atoms with Crippen LogP contribution in [0.25, 0.3) is 0 Å². The average molecular weight is 303 g/mol. The zero-order valence-electron chi connectivity index (χ0n) is 13.5. The molecule has 2 fully saturated rings. The lowest BCUT2D eigenvalue weighted by atomic mass is 9.78. The van der Waals surface area contributed by atoms with Crippen LogP contribution in [0.15, 0.2) is 18.3 Å². The van der Waals surface area contributed by atoms with Crippen molar-refractivity contribution in [3.05, 3.63) is 24.0 Å². The molecule has 2 saturated heterocycles. The molecular formula is C17H25N3O2. The zero-order chi connectivity index (χ0) is 15.6. The summed E-state index contributed by atoms with van der Waals surface area (Å²) >= 11 is 0. The molecule has 22 heavy (non-hydrogen) atoms. The van der Waals surface area contributed by atoms with Crippen molar-refractivity contribution in [2.24, 2.45) is 5.41 Å². The number of hydrogen-bond acceptors (Lipinski definition) is 4.